The van der Waals surface area contributed by atoms with Gasteiger partial charge in [0.1, 0.15) is 11.0 Å². The van der Waals surface area contributed by atoms with E-state index in [1.165, 1.54) is 11.1 Å². The van der Waals surface area contributed by atoms with E-state index in [4.69, 9.17) is 5.11 Å². The molecule has 0 aliphatic carbocycles. The van der Waals surface area contributed by atoms with Crippen molar-refractivity contribution < 1.29 is 14.7 Å². The molecule has 7 nitrogen and oxygen atoms in total. The van der Waals surface area contributed by atoms with E-state index in [0.717, 1.165) is 30.8 Å². The molecule has 1 aliphatic heterocycles. The fraction of sp³-hybridized carbons (Fsp3) is 0.600. The second kappa shape index (κ2) is 5.76. The Morgan fingerprint density at radius 1 is 1.44 bits per heavy atom. The predicted octanol–water partition coefficient (Wildman–Crippen LogP) is 1.40. The van der Waals surface area contributed by atoms with Crippen LogP contribution in [0.3, 0.4) is 0 Å². The van der Waals surface area contributed by atoms with Crippen molar-refractivity contribution in [2.24, 2.45) is 0 Å². The maximum absolute atomic E-state index is 12.0. The molecule has 1 atom stereocenters. The highest BCUT2D eigenvalue weighted by Gasteiger charge is 2.30. The first kappa shape index (κ1) is 12.7. The number of nitrogens with one attached hydrogen (secondary N) is 1. The van der Waals surface area contributed by atoms with Gasteiger partial charge in [-0.15, -0.1) is 5.10 Å². The van der Waals surface area contributed by atoms with Crippen molar-refractivity contribution in [2.75, 3.05) is 11.9 Å². The number of likely N-dealkylation sites (tertiary alicyclic amines) is 1. The molecule has 0 spiro atoms. The highest BCUT2D eigenvalue weighted by atomic mass is 32.1. The van der Waals surface area contributed by atoms with Gasteiger partial charge in [-0.1, -0.05) is 17.3 Å². The van der Waals surface area contributed by atoms with E-state index in [2.05, 4.69) is 14.9 Å². The molecule has 98 valence electrons. The largest absolute Gasteiger partial charge is 0.480 e. The van der Waals surface area contributed by atoms with Crippen LogP contribution < -0.4 is 5.32 Å². The van der Waals surface area contributed by atoms with Crippen LogP contribution in [0.25, 0.3) is 0 Å². The molecular weight excluding hydrogens is 256 g/mol. The summed E-state index contributed by atoms with van der Waals surface area (Å²) in [6.45, 7) is 0.467. The van der Waals surface area contributed by atoms with E-state index < -0.39 is 18.0 Å². The first-order chi connectivity index (χ1) is 8.68. The lowest BCUT2D eigenvalue weighted by molar-refractivity contribution is -0.142. The van der Waals surface area contributed by atoms with Gasteiger partial charge in [-0.25, -0.2) is 9.59 Å². The fourth-order valence-corrected chi connectivity index (χ4v) is 2.42. The highest BCUT2D eigenvalue weighted by molar-refractivity contribution is 7.10. The van der Waals surface area contributed by atoms with Crippen LogP contribution in [-0.2, 0) is 4.79 Å². The topological polar surface area (TPSA) is 95.4 Å². The minimum absolute atomic E-state index is 0.393. The molecule has 2 amide bonds. The fourth-order valence-electron chi connectivity index (χ4n) is 2.01. The summed E-state index contributed by atoms with van der Waals surface area (Å²) >= 11 is 1.06. The predicted molar refractivity (Wildman–Crippen MR) is 65.5 cm³/mol. The van der Waals surface area contributed by atoms with E-state index in [9.17, 15) is 9.59 Å². The van der Waals surface area contributed by atoms with Crippen LogP contribution in [0, 0.1) is 0 Å². The number of carbonyl (C=O) groups excluding carboxylic acids is 1. The lowest BCUT2D eigenvalue weighted by atomic mass is 10.1. The lowest BCUT2D eigenvalue weighted by Crippen LogP contribution is -2.46. The number of carbonyl (C=O) groups is 2. The number of hydrogen-bond donors (Lipinski definition) is 2. The van der Waals surface area contributed by atoms with Gasteiger partial charge in [-0.05, 0) is 12.8 Å². The molecule has 2 heterocycles. The molecule has 0 saturated carbocycles. The number of carboxylic acid groups (broad SMARTS) is 1. The van der Waals surface area contributed by atoms with Crippen molar-refractivity contribution in [1.29, 1.82) is 0 Å². The molecule has 0 aromatic carbocycles. The van der Waals surface area contributed by atoms with Crippen molar-refractivity contribution in [3.8, 4) is 0 Å². The number of anilines is 1. The average molecular weight is 270 g/mol. The monoisotopic (exact) mass is 270 g/mol. The van der Waals surface area contributed by atoms with Gasteiger partial charge in [0, 0.05) is 18.1 Å². The van der Waals surface area contributed by atoms with Crippen LogP contribution in [-0.4, -0.2) is 44.2 Å². The zero-order valence-electron chi connectivity index (χ0n) is 9.70. The zero-order valence-corrected chi connectivity index (χ0v) is 10.5. The van der Waals surface area contributed by atoms with Crippen LogP contribution in [0.15, 0.2) is 6.20 Å². The van der Waals surface area contributed by atoms with Crippen LogP contribution in [0.4, 0.5) is 9.80 Å². The molecule has 1 aromatic rings. The number of nitrogens with zero attached hydrogens (tertiary/aromatic N) is 3. The van der Waals surface area contributed by atoms with E-state index >= 15 is 0 Å². The Labute approximate surface area is 108 Å². The third-order valence-corrected chi connectivity index (χ3v) is 3.47. The molecule has 1 aromatic heterocycles. The summed E-state index contributed by atoms with van der Waals surface area (Å²) in [4.78, 5) is 24.6. The molecule has 1 saturated heterocycles. The third-order valence-electron chi connectivity index (χ3n) is 2.89. The van der Waals surface area contributed by atoms with Gasteiger partial charge in [0.25, 0.3) is 0 Å². The Morgan fingerprint density at radius 3 is 2.94 bits per heavy atom. The Morgan fingerprint density at radius 2 is 2.28 bits per heavy atom. The summed E-state index contributed by atoms with van der Waals surface area (Å²) in [6, 6.07) is -1.14. The molecule has 1 unspecified atom stereocenters. The van der Waals surface area contributed by atoms with Gasteiger partial charge in [0.05, 0.1) is 6.20 Å². The van der Waals surface area contributed by atoms with Gasteiger partial charge in [-0.3, -0.25) is 5.32 Å². The highest BCUT2D eigenvalue weighted by Crippen LogP contribution is 2.19. The maximum Gasteiger partial charge on any atom is 0.326 e. The number of hydrogen-bond acceptors (Lipinski definition) is 5. The van der Waals surface area contributed by atoms with Gasteiger partial charge < -0.3 is 10.0 Å². The molecule has 0 radical (unpaired) electrons. The Kier molecular flexibility index (Phi) is 4.08. The zero-order chi connectivity index (χ0) is 13.0. The van der Waals surface area contributed by atoms with Crippen molar-refractivity contribution in [3.05, 3.63) is 6.20 Å². The summed E-state index contributed by atoms with van der Waals surface area (Å²) in [5.41, 5.74) is 0. The Balaban J connectivity index is 2.07. The smallest absolute Gasteiger partial charge is 0.326 e. The van der Waals surface area contributed by atoms with E-state index in [-0.39, 0.29) is 0 Å². The quantitative estimate of drug-likeness (QED) is 0.846. The Hall–Kier alpha value is -1.70. The molecule has 1 fully saturated rings. The summed E-state index contributed by atoms with van der Waals surface area (Å²) in [7, 11) is 0. The first-order valence-electron chi connectivity index (χ1n) is 5.76. The molecule has 18 heavy (non-hydrogen) atoms. The number of amides is 2. The van der Waals surface area contributed by atoms with Crippen LogP contribution in [0.2, 0.25) is 0 Å². The van der Waals surface area contributed by atoms with Crippen molar-refractivity contribution in [3.63, 3.8) is 0 Å². The summed E-state index contributed by atoms with van der Waals surface area (Å²) in [5, 5.41) is 15.9. The maximum atomic E-state index is 12.0. The normalized spacial score (nSPS) is 20.2. The third kappa shape index (κ3) is 2.95. The number of urea groups is 1. The van der Waals surface area contributed by atoms with Gasteiger partial charge in [0.2, 0.25) is 0 Å². The average Bonchev–Trinajstić information content (AvgIpc) is 2.70. The standard InChI is InChI=1S/C10H14N4O3S/c15-9(16)7-4-2-1-3-5-14(7)10(17)12-8-6-11-13-18-8/h6-7H,1-5H2,(H,12,17)(H,15,16). The van der Waals surface area contributed by atoms with Crippen molar-refractivity contribution >= 4 is 28.5 Å². The SMILES string of the molecule is O=C(O)C1CCCCCN1C(=O)Nc1cnns1. The molecule has 2 N–H and O–H groups in total. The molecule has 8 heteroatoms. The van der Waals surface area contributed by atoms with Crippen LogP contribution in [0.5, 0.6) is 0 Å². The van der Waals surface area contributed by atoms with Crippen molar-refractivity contribution in [2.45, 2.75) is 31.7 Å². The van der Waals surface area contributed by atoms with Gasteiger partial charge >= 0.3 is 12.0 Å². The number of aliphatic carboxylic acids is 1. The lowest BCUT2D eigenvalue weighted by Gasteiger charge is -2.26. The Bertz CT molecular complexity index is 423. The van der Waals surface area contributed by atoms with Gasteiger partial charge in [0.15, 0.2) is 0 Å². The second-order valence-electron chi connectivity index (χ2n) is 4.11. The van der Waals surface area contributed by atoms with E-state index in [1.807, 2.05) is 0 Å². The van der Waals surface area contributed by atoms with E-state index in [0.29, 0.717) is 18.0 Å². The van der Waals surface area contributed by atoms with Crippen LogP contribution >= 0.6 is 11.5 Å². The number of aromatic nitrogens is 2. The van der Waals surface area contributed by atoms with Crippen LogP contribution in [0.1, 0.15) is 25.7 Å². The minimum Gasteiger partial charge on any atom is -0.480 e. The number of rotatable bonds is 2. The molecular formula is C10H14N4O3S. The summed E-state index contributed by atoms with van der Waals surface area (Å²) in [6.07, 6.45) is 4.57. The molecule has 1 aliphatic rings. The first-order valence-corrected chi connectivity index (χ1v) is 6.53. The summed E-state index contributed by atoms with van der Waals surface area (Å²) in [5.74, 6) is -0.950. The minimum atomic E-state index is -0.950. The number of carboxylic acids is 1. The van der Waals surface area contributed by atoms with Crippen molar-refractivity contribution in [1.82, 2.24) is 14.5 Å². The second-order valence-corrected chi connectivity index (χ2v) is 4.89. The summed E-state index contributed by atoms with van der Waals surface area (Å²) < 4.78 is 3.64. The van der Waals surface area contributed by atoms with E-state index in [1.54, 1.807) is 0 Å². The van der Waals surface area contributed by atoms with Gasteiger partial charge in [-0.2, -0.15) is 0 Å². The molecule has 2 rings (SSSR count). The molecule has 0 bridgehead atoms.